The van der Waals surface area contributed by atoms with Gasteiger partial charge in [0, 0.05) is 11.1 Å². The number of fused-ring (bicyclic) bond motifs is 1. The van der Waals surface area contributed by atoms with Crippen LogP contribution in [0.1, 0.15) is 6.29 Å². The maximum atomic E-state index is 11.8. The van der Waals surface area contributed by atoms with Crippen LogP contribution in [0.25, 0.3) is 11.0 Å². The summed E-state index contributed by atoms with van der Waals surface area (Å²) in [6.45, 7) is 0. The van der Waals surface area contributed by atoms with E-state index >= 15 is 0 Å². The summed E-state index contributed by atoms with van der Waals surface area (Å²) in [4.78, 5) is 4.54. The normalized spacial score (nSPS) is 13.4. The Balaban J connectivity index is 0.000000715. The molecule has 14 heteroatoms. The molecule has 0 saturated heterocycles. The first kappa shape index (κ1) is 23.6. The molecule has 1 heterocycles. The van der Waals surface area contributed by atoms with Gasteiger partial charge in [-0.15, -0.1) is 4.85 Å². The number of nitrogens with zero attached hydrogens (tertiary/aromatic N) is 5. The van der Waals surface area contributed by atoms with Crippen molar-refractivity contribution < 1.29 is 30.5 Å². The molecule has 0 bridgehead atoms. The summed E-state index contributed by atoms with van der Waals surface area (Å²) in [7, 11) is -0.815. The summed E-state index contributed by atoms with van der Waals surface area (Å²) in [6.07, 6.45) is -0.135. The first-order valence-electron chi connectivity index (χ1n) is 6.37. The van der Waals surface area contributed by atoms with E-state index in [-0.39, 0.29) is 11.0 Å². The van der Waals surface area contributed by atoms with Crippen molar-refractivity contribution in [1.29, 1.82) is 0 Å². The standard InChI is InChI=1S/C11H16ClN5O.F5P.FH/c1-14(2)11(15(3)4)16-9-6-5-8(12)7-10(9)17(18)13-16;1-6(2,3,4)5;/h5-7,11H,1-4H3;;1H/p-1. The summed E-state index contributed by atoms with van der Waals surface area (Å²) in [6, 6.07) is 5.18. The van der Waals surface area contributed by atoms with Gasteiger partial charge in [0.15, 0.2) is 0 Å². The molecule has 0 spiro atoms. The quantitative estimate of drug-likeness (QED) is 0.246. The number of hydrogen-bond donors (Lipinski definition) is 0. The van der Waals surface area contributed by atoms with Gasteiger partial charge in [-0.1, -0.05) is 16.3 Å². The zero-order valence-corrected chi connectivity index (χ0v) is 15.2. The molecule has 6 nitrogen and oxygen atoms in total. The summed E-state index contributed by atoms with van der Waals surface area (Å²) in [5.41, 5.74) is 1.22. The van der Waals surface area contributed by atoms with Crippen molar-refractivity contribution in [2.24, 2.45) is 0 Å². The Kier molecular flexibility index (Phi) is 7.47. The Morgan fingerprint density at radius 1 is 1.12 bits per heavy atom. The van der Waals surface area contributed by atoms with Crippen LogP contribution in [0, 0.1) is 5.21 Å². The Bertz CT molecular complexity index is 695. The Morgan fingerprint density at radius 2 is 1.56 bits per heavy atom. The van der Waals surface area contributed by atoms with Crippen LogP contribution in [0.15, 0.2) is 18.2 Å². The van der Waals surface area contributed by atoms with E-state index in [9.17, 15) is 26.2 Å². The van der Waals surface area contributed by atoms with Gasteiger partial charge < -0.3 is 9.91 Å². The number of halogens is 7. The second-order valence-corrected chi connectivity index (χ2v) is 6.97. The van der Waals surface area contributed by atoms with Gasteiger partial charge in [0.2, 0.25) is 17.3 Å². The van der Waals surface area contributed by atoms with Gasteiger partial charge in [-0.05, 0) is 40.3 Å². The van der Waals surface area contributed by atoms with Gasteiger partial charge in [-0.3, -0.25) is 9.80 Å². The largest absolute Gasteiger partial charge is 1.00 e. The number of aromatic nitrogens is 3. The summed E-state index contributed by atoms with van der Waals surface area (Å²) in [5.74, 6) is 0. The molecule has 0 atom stereocenters. The van der Waals surface area contributed by atoms with Crippen LogP contribution in [0.5, 0.6) is 0 Å². The van der Waals surface area contributed by atoms with Crippen molar-refractivity contribution in [3.8, 4) is 0 Å². The van der Waals surface area contributed by atoms with Gasteiger partial charge in [0.1, 0.15) is 0 Å². The molecule has 0 aliphatic rings. The third kappa shape index (κ3) is 7.59. The molecule has 0 aliphatic heterocycles. The predicted molar refractivity (Wildman–Crippen MR) is 82.6 cm³/mol. The average molecular weight is 415 g/mol. The minimum Gasteiger partial charge on any atom is -1.00 e. The first-order chi connectivity index (χ1) is 10.6. The molecule has 1 aromatic carbocycles. The van der Waals surface area contributed by atoms with Gasteiger partial charge in [0.05, 0.1) is 5.21 Å². The Hall–Kier alpha value is -1.36. The second-order valence-electron chi connectivity index (χ2n) is 5.25. The fourth-order valence-electron chi connectivity index (χ4n) is 2.10. The smallest absolute Gasteiger partial charge is 1.00 e. The van der Waals surface area contributed by atoms with Crippen LogP contribution in [-0.4, -0.2) is 47.9 Å². The minimum atomic E-state index is -8.55. The SMILES string of the molecule is CN(C)C(N(C)C)n1n[n+]([O-])c2cc(Cl)ccc21.FP(F)(F)(F)F.[F-]. The van der Waals surface area contributed by atoms with E-state index in [1.54, 1.807) is 22.9 Å². The van der Waals surface area contributed by atoms with Crippen molar-refractivity contribution in [3.63, 3.8) is 0 Å². The van der Waals surface area contributed by atoms with E-state index < -0.39 is 8.16 Å². The minimum absolute atomic E-state index is 0. The molecule has 2 aromatic rings. The summed E-state index contributed by atoms with van der Waals surface area (Å²) >= 11 is 5.89. The van der Waals surface area contributed by atoms with Crippen LogP contribution in [-0.2, 0) is 0 Å². The molecule has 0 fully saturated rings. The van der Waals surface area contributed by atoms with Crippen LogP contribution >= 0.6 is 19.8 Å². The van der Waals surface area contributed by atoms with E-state index in [4.69, 9.17) is 11.6 Å². The van der Waals surface area contributed by atoms with E-state index in [1.807, 2.05) is 38.0 Å². The van der Waals surface area contributed by atoms with Gasteiger partial charge in [-0.2, -0.15) is 0 Å². The molecule has 0 radical (unpaired) electrons. The van der Waals surface area contributed by atoms with Crippen LogP contribution in [0.3, 0.4) is 0 Å². The van der Waals surface area contributed by atoms with E-state index in [1.165, 1.54) is 0 Å². The van der Waals surface area contributed by atoms with Gasteiger partial charge >= 0.3 is 29.1 Å². The number of benzene rings is 1. The number of rotatable bonds is 3. The second kappa shape index (κ2) is 7.90. The maximum absolute atomic E-state index is 11.8. The van der Waals surface area contributed by atoms with Crippen molar-refractivity contribution in [2.45, 2.75) is 6.29 Å². The molecule has 0 N–H and O–H groups in total. The Morgan fingerprint density at radius 3 is 1.96 bits per heavy atom. The number of hydrogen-bond acceptors (Lipinski definition) is 4. The van der Waals surface area contributed by atoms with E-state index in [0.29, 0.717) is 15.4 Å². The van der Waals surface area contributed by atoms with Crippen molar-refractivity contribution in [3.05, 3.63) is 28.4 Å². The zero-order valence-electron chi connectivity index (χ0n) is 13.5. The summed E-state index contributed by atoms with van der Waals surface area (Å²) < 4.78 is 50.9. The van der Waals surface area contributed by atoms with Crippen LogP contribution in [0.2, 0.25) is 5.02 Å². The third-order valence-corrected chi connectivity index (χ3v) is 2.95. The molecular formula is C11H16ClF6N5OP-. The molecule has 25 heavy (non-hydrogen) atoms. The molecular weight excluding hydrogens is 399 g/mol. The van der Waals surface area contributed by atoms with Crippen LogP contribution in [0.4, 0.5) is 21.0 Å². The fourth-order valence-corrected chi connectivity index (χ4v) is 2.26. The first-order valence-corrected chi connectivity index (χ1v) is 8.43. The molecule has 0 unspecified atom stereocenters. The maximum Gasteiger partial charge on any atom is -1.00 e. The van der Waals surface area contributed by atoms with E-state index in [2.05, 4.69) is 5.21 Å². The molecule has 1 aromatic heterocycles. The zero-order chi connectivity index (χ0) is 18.9. The topological polar surface area (TPSA) is 51.2 Å². The third-order valence-electron chi connectivity index (χ3n) is 2.71. The van der Waals surface area contributed by atoms with Crippen molar-refractivity contribution >= 4 is 30.8 Å². The van der Waals surface area contributed by atoms with Crippen molar-refractivity contribution in [1.82, 2.24) is 19.7 Å². The van der Waals surface area contributed by atoms with Gasteiger partial charge in [0.25, 0.3) is 0 Å². The molecule has 2 rings (SSSR count). The predicted octanol–water partition coefficient (Wildman–Crippen LogP) is 0.869. The average Bonchev–Trinajstić information content (AvgIpc) is 2.62. The van der Waals surface area contributed by atoms with Crippen LogP contribution < -0.4 is 9.55 Å². The molecule has 146 valence electrons. The fraction of sp³-hybridized carbons (Fsp3) is 0.455. The molecule has 0 aliphatic carbocycles. The Labute approximate surface area is 144 Å². The molecule has 0 saturated carbocycles. The monoisotopic (exact) mass is 414 g/mol. The summed E-state index contributed by atoms with van der Waals surface area (Å²) in [5, 5.41) is 16.3. The van der Waals surface area contributed by atoms with Crippen molar-refractivity contribution in [2.75, 3.05) is 28.2 Å². The van der Waals surface area contributed by atoms with E-state index in [0.717, 1.165) is 5.52 Å². The van der Waals surface area contributed by atoms with Gasteiger partial charge in [-0.25, -0.2) is 0 Å². The molecule has 0 amide bonds.